The van der Waals surface area contributed by atoms with Gasteiger partial charge in [0.25, 0.3) is 0 Å². The van der Waals surface area contributed by atoms with Crippen LogP contribution in [0.15, 0.2) is 0 Å². The van der Waals surface area contributed by atoms with Crippen LogP contribution < -0.4 is 5.32 Å². The first kappa shape index (κ1) is 12.1. The lowest BCUT2D eigenvalue weighted by atomic mass is 10.3. The Bertz CT molecular complexity index is 140. The van der Waals surface area contributed by atoms with E-state index in [1.807, 2.05) is 20.8 Å². The van der Waals surface area contributed by atoms with E-state index in [4.69, 9.17) is 0 Å². The average Bonchev–Trinajstić information content (AvgIpc) is 1.96. The van der Waals surface area contributed by atoms with Crippen molar-refractivity contribution >= 4 is 10.8 Å². The summed E-state index contributed by atoms with van der Waals surface area (Å²) in [7, 11) is -0.681. The molecule has 0 aliphatic heterocycles. The molecule has 0 fully saturated rings. The van der Waals surface area contributed by atoms with Gasteiger partial charge in [-0.2, -0.15) is 0 Å². The van der Waals surface area contributed by atoms with Crippen LogP contribution in [0.5, 0.6) is 0 Å². The van der Waals surface area contributed by atoms with Crippen LogP contribution in [-0.4, -0.2) is 27.8 Å². The van der Waals surface area contributed by atoms with Crippen LogP contribution in [0, 0.1) is 0 Å². The lowest BCUT2D eigenvalue weighted by molar-refractivity contribution is 0.639. The van der Waals surface area contributed by atoms with Gasteiger partial charge in [0.1, 0.15) is 0 Å². The minimum absolute atomic E-state index is 0.0494. The lowest BCUT2D eigenvalue weighted by Gasteiger charge is -2.17. The SMILES string of the molecule is CCNCCCS(=O)C(C)(C)C. The largest absolute Gasteiger partial charge is 0.317 e. The second kappa shape index (κ2) is 5.70. The Kier molecular flexibility index (Phi) is 5.76. The zero-order chi connectivity index (χ0) is 9.61. The Morgan fingerprint density at radius 2 is 1.92 bits per heavy atom. The first-order chi connectivity index (χ1) is 5.48. The molecule has 0 saturated heterocycles. The Morgan fingerprint density at radius 1 is 1.33 bits per heavy atom. The van der Waals surface area contributed by atoms with Crippen molar-refractivity contribution < 1.29 is 4.21 Å². The predicted octanol–water partition coefficient (Wildman–Crippen LogP) is 1.53. The van der Waals surface area contributed by atoms with Gasteiger partial charge in [0.05, 0.1) is 0 Å². The van der Waals surface area contributed by atoms with E-state index < -0.39 is 10.8 Å². The van der Waals surface area contributed by atoms with Crippen molar-refractivity contribution in [2.24, 2.45) is 0 Å². The minimum Gasteiger partial charge on any atom is -0.317 e. The summed E-state index contributed by atoms with van der Waals surface area (Å²) in [6.07, 6.45) is 1.01. The molecule has 0 saturated carbocycles. The van der Waals surface area contributed by atoms with E-state index in [1.54, 1.807) is 0 Å². The fourth-order valence-electron chi connectivity index (χ4n) is 0.811. The average molecular weight is 191 g/mol. The molecule has 0 aromatic heterocycles. The van der Waals surface area contributed by atoms with E-state index in [-0.39, 0.29) is 4.75 Å². The standard InChI is InChI=1S/C9H21NOS/c1-5-10-7-6-8-12(11)9(2,3)4/h10H,5-8H2,1-4H3. The van der Waals surface area contributed by atoms with Gasteiger partial charge in [0.15, 0.2) is 0 Å². The summed E-state index contributed by atoms with van der Waals surface area (Å²) < 4.78 is 11.5. The summed E-state index contributed by atoms with van der Waals surface area (Å²) in [6, 6.07) is 0. The smallest absolute Gasteiger partial charge is 0.0375 e. The third-order valence-electron chi connectivity index (χ3n) is 1.62. The van der Waals surface area contributed by atoms with Crippen LogP contribution in [0.1, 0.15) is 34.1 Å². The Labute approximate surface area is 78.6 Å². The molecule has 0 aliphatic rings. The van der Waals surface area contributed by atoms with Crippen LogP contribution >= 0.6 is 0 Å². The van der Waals surface area contributed by atoms with Gasteiger partial charge < -0.3 is 5.32 Å². The van der Waals surface area contributed by atoms with Gasteiger partial charge in [0, 0.05) is 21.3 Å². The van der Waals surface area contributed by atoms with Crippen molar-refractivity contribution in [2.75, 3.05) is 18.8 Å². The highest BCUT2D eigenvalue weighted by Gasteiger charge is 2.18. The molecule has 1 unspecified atom stereocenters. The number of nitrogens with one attached hydrogen (secondary N) is 1. The van der Waals surface area contributed by atoms with Crippen molar-refractivity contribution in [2.45, 2.75) is 38.9 Å². The van der Waals surface area contributed by atoms with E-state index >= 15 is 0 Å². The molecule has 0 bridgehead atoms. The third-order valence-corrected chi connectivity index (χ3v) is 3.64. The summed E-state index contributed by atoms with van der Waals surface area (Å²) >= 11 is 0. The van der Waals surface area contributed by atoms with Crippen LogP contribution in [0.4, 0.5) is 0 Å². The highest BCUT2D eigenvalue weighted by molar-refractivity contribution is 7.86. The molecular weight excluding hydrogens is 170 g/mol. The molecule has 0 radical (unpaired) electrons. The lowest BCUT2D eigenvalue weighted by Crippen LogP contribution is -2.26. The van der Waals surface area contributed by atoms with E-state index in [0.717, 1.165) is 25.3 Å². The number of hydrogen-bond acceptors (Lipinski definition) is 2. The fourth-order valence-corrected chi connectivity index (χ4v) is 1.83. The molecule has 0 rings (SSSR count). The zero-order valence-corrected chi connectivity index (χ0v) is 9.46. The van der Waals surface area contributed by atoms with Crippen molar-refractivity contribution in [1.29, 1.82) is 0 Å². The maximum absolute atomic E-state index is 11.5. The Hall–Kier alpha value is 0.110. The summed E-state index contributed by atoms with van der Waals surface area (Å²) in [5, 5.41) is 3.22. The van der Waals surface area contributed by atoms with Gasteiger partial charge in [-0.3, -0.25) is 4.21 Å². The second-order valence-corrected chi connectivity index (χ2v) is 6.19. The highest BCUT2D eigenvalue weighted by Crippen LogP contribution is 2.11. The molecule has 0 spiro atoms. The maximum atomic E-state index is 11.5. The van der Waals surface area contributed by atoms with Gasteiger partial charge in [-0.15, -0.1) is 0 Å². The van der Waals surface area contributed by atoms with Crippen LogP contribution in [0.25, 0.3) is 0 Å². The van der Waals surface area contributed by atoms with E-state index in [9.17, 15) is 4.21 Å². The molecule has 1 N–H and O–H groups in total. The monoisotopic (exact) mass is 191 g/mol. The normalized spacial score (nSPS) is 14.7. The van der Waals surface area contributed by atoms with Gasteiger partial charge in [0.2, 0.25) is 0 Å². The van der Waals surface area contributed by atoms with Crippen molar-refractivity contribution in [1.82, 2.24) is 5.32 Å². The highest BCUT2D eigenvalue weighted by atomic mass is 32.2. The van der Waals surface area contributed by atoms with Gasteiger partial charge >= 0.3 is 0 Å². The van der Waals surface area contributed by atoms with Gasteiger partial charge in [-0.1, -0.05) is 6.92 Å². The molecule has 74 valence electrons. The molecule has 2 nitrogen and oxygen atoms in total. The Morgan fingerprint density at radius 3 is 2.33 bits per heavy atom. The minimum atomic E-state index is -0.681. The quantitative estimate of drug-likeness (QED) is 0.668. The molecule has 1 atom stereocenters. The van der Waals surface area contributed by atoms with Crippen LogP contribution in [0.2, 0.25) is 0 Å². The van der Waals surface area contributed by atoms with Crippen molar-refractivity contribution in [3.05, 3.63) is 0 Å². The topological polar surface area (TPSA) is 29.1 Å². The first-order valence-electron chi connectivity index (χ1n) is 4.57. The molecular formula is C9H21NOS. The summed E-state index contributed by atoms with van der Waals surface area (Å²) in [5.41, 5.74) is 0. The summed E-state index contributed by atoms with van der Waals surface area (Å²) in [5.74, 6) is 0.816. The maximum Gasteiger partial charge on any atom is 0.0375 e. The molecule has 3 heteroatoms. The fraction of sp³-hybridized carbons (Fsp3) is 1.00. The first-order valence-corrected chi connectivity index (χ1v) is 5.89. The van der Waals surface area contributed by atoms with E-state index in [2.05, 4.69) is 12.2 Å². The molecule has 0 amide bonds. The van der Waals surface area contributed by atoms with Gasteiger partial charge in [-0.05, 0) is 40.3 Å². The molecule has 0 aliphatic carbocycles. The molecule has 0 aromatic rings. The van der Waals surface area contributed by atoms with Crippen molar-refractivity contribution in [3.8, 4) is 0 Å². The van der Waals surface area contributed by atoms with E-state index in [1.165, 1.54) is 0 Å². The van der Waals surface area contributed by atoms with Crippen molar-refractivity contribution in [3.63, 3.8) is 0 Å². The third kappa shape index (κ3) is 5.72. The second-order valence-electron chi connectivity index (χ2n) is 3.87. The zero-order valence-electron chi connectivity index (χ0n) is 8.64. The molecule has 12 heavy (non-hydrogen) atoms. The predicted molar refractivity (Wildman–Crippen MR) is 55.9 cm³/mol. The molecule has 0 aromatic carbocycles. The van der Waals surface area contributed by atoms with Gasteiger partial charge in [-0.25, -0.2) is 0 Å². The summed E-state index contributed by atoms with van der Waals surface area (Å²) in [4.78, 5) is 0. The molecule has 0 heterocycles. The van der Waals surface area contributed by atoms with E-state index in [0.29, 0.717) is 0 Å². The summed E-state index contributed by atoms with van der Waals surface area (Å²) in [6.45, 7) is 10.1. The Balaban J connectivity index is 3.45. The number of hydrogen-bond donors (Lipinski definition) is 1. The van der Waals surface area contributed by atoms with Crippen LogP contribution in [0.3, 0.4) is 0 Å². The van der Waals surface area contributed by atoms with Crippen LogP contribution in [-0.2, 0) is 10.8 Å². The number of rotatable bonds is 5.